The lowest BCUT2D eigenvalue weighted by Crippen LogP contribution is -2.45. The van der Waals surface area contributed by atoms with Gasteiger partial charge < -0.3 is 5.32 Å². The van der Waals surface area contributed by atoms with E-state index in [0.717, 1.165) is 38.2 Å². The van der Waals surface area contributed by atoms with Crippen molar-refractivity contribution in [3.05, 3.63) is 39.8 Å². The highest BCUT2D eigenvalue weighted by atomic mass is 32.1. The molecule has 0 spiro atoms. The van der Waals surface area contributed by atoms with Crippen molar-refractivity contribution < 1.29 is 4.79 Å². The standard InChI is InChI=1S/C16H22N4OS/c1-16(14-13(8-18-19-14)15(21)17-2)5-3-6-20(11-16)9-12-4-7-22-10-12/h4,7-8,10H,3,5-6,9,11H2,1-2H3,(H,17,21)(H,18,19). The number of aromatic amines is 1. The number of likely N-dealkylation sites (tertiary alicyclic amines) is 1. The van der Waals surface area contributed by atoms with Crippen molar-refractivity contribution >= 4 is 17.2 Å². The quantitative estimate of drug-likeness (QED) is 0.910. The molecule has 0 radical (unpaired) electrons. The molecule has 1 amide bonds. The molecule has 1 saturated heterocycles. The van der Waals surface area contributed by atoms with E-state index >= 15 is 0 Å². The second-order valence-electron chi connectivity index (χ2n) is 6.24. The van der Waals surface area contributed by atoms with Crippen LogP contribution in [0.1, 0.15) is 41.4 Å². The monoisotopic (exact) mass is 318 g/mol. The molecule has 5 nitrogen and oxygen atoms in total. The van der Waals surface area contributed by atoms with Crippen LogP contribution in [0.5, 0.6) is 0 Å². The Morgan fingerprint density at radius 2 is 2.45 bits per heavy atom. The minimum atomic E-state index is -0.0695. The molecule has 22 heavy (non-hydrogen) atoms. The third-order valence-electron chi connectivity index (χ3n) is 4.48. The van der Waals surface area contributed by atoms with Gasteiger partial charge in [-0.1, -0.05) is 6.92 Å². The van der Waals surface area contributed by atoms with Crippen LogP contribution in [0.15, 0.2) is 23.0 Å². The fraction of sp³-hybridized carbons (Fsp3) is 0.500. The highest BCUT2D eigenvalue weighted by Gasteiger charge is 2.36. The molecule has 118 valence electrons. The van der Waals surface area contributed by atoms with Gasteiger partial charge in [0.2, 0.25) is 0 Å². The van der Waals surface area contributed by atoms with Gasteiger partial charge in [0.15, 0.2) is 0 Å². The van der Waals surface area contributed by atoms with Gasteiger partial charge >= 0.3 is 0 Å². The summed E-state index contributed by atoms with van der Waals surface area (Å²) in [5.41, 5.74) is 2.93. The molecule has 1 unspecified atom stereocenters. The van der Waals surface area contributed by atoms with Gasteiger partial charge in [0.25, 0.3) is 5.91 Å². The van der Waals surface area contributed by atoms with Crippen LogP contribution in [0.3, 0.4) is 0 Å². The van der Waals surface area contributed by atoms with Crippen LogP contribution in [0.4, 0.5) is 0 Å². The van der Waals surface area contributed by atoms with Gasteiger partial charge in [0.05, 0.1) is 17.5 Å². The number of nitrogens with one attached hydrogen (secondary N) is 2. The molecule has 2 N–H and O–H groups in total. The Bertz CT molecular complexity index is 636. The van der Waals surface area contributed by atoms with Crippen molar-refractivity contribution in [1.82, 2.24) is 20.4 Å². The molecule has 2 aromatic rings. The van der Waals surface area contributed by atoms with Crippen LogP contribution in [0, 0.1) is 0 Å². The summed E-state index contributed by atoms with van der Waals surface area (Å²) in [4.78, 5) is 14.5. The van der Waals surface area contributed by atoms with Crippen LogP contribution in [0.2, 0.25) is 0 Å². The van der Waals surface area contributed by atoms with E-state index in [-0.39, 0.29) is 11.3 Å². The summed E-state index contributed by atoms with van der Waals surface area (Å²) in [7, 11) is 1.66. The number of carbonyl (C=O) groups excluding carboxylic acids is 1. The SMILES string of the molecule is CNC(=O)c1cn[nH]c1C1(C)CCCN(Cc2ccsc2)C1. The number of aromatic nitrogens is 2. The Morgan fingerprint density at radius 3 is 3.18 bits per heavy atom. The first-order chi connectivity index (χ1) is 10.6. The zero-order chi connectivity index (χ0) is 15.6. The number of nitrogens with zero attached hydrogens (tertiary/aromatic N) is 2. The lowest BCUT2D eigenvalue weighted by molar-refractivity contribution is 0.0955. The number of H-pyrrole nitrogens is 1. The molecule has 1 fully saturated rings. The van der Waals surface area contributed by atoms with Gasteiger partial charge in [0, 0.05) is 25.6 Å². The van der Waals surface area contributed by atoms with Crippen molar-refractivity contribution in [2.45, 2.75) is 31.7 Å². The third kappa shape index (κ3) is 2.94. The lowest BCUT2D eigenvalue weighted by atomic mass is 9.77. The van der Waals surface area contributed by atoms with E-state index in [1.807, 2.05) is 0 Å². The summed E-state index contributed by atoms with van der Waals surface area (Å²) in [6.07, 6.45) is 3.84. The fourth-order valence-corrected chi connectivity index (χ4v) is 4.04. The van der Waals surface area contributed by atoms with Crippen LogP contribution >= 0.6 is 11.3 Å². The van der Waals surface area contributed by atoms with Gasteiger partial charge in [-0.15, -0.1) is 0 Å². The predicted molar refractivity (Wildman–Crippen MR) is 88.2 cm³/mol. The highest BCUT2D eigenvalue weighted by Crippen LogP contribution is 2.35. The second-order valence-corrected chi connectivity index (χ2v) is 7.02. The second kappa shape index (κ2) is 6.22. The topological polar surface area (TPSA) is 61.0 Å². The van der Waals surface area contributed by atoms with Crippen molar-refractivity contribution in [1.29, 1.82) is 0 Å². The van der Waals surface area contributed by atoms with E-state index in [4.69, 9.17) is 0 Å². The van der Waals surface area contributed by atoms with Gasteiger partial charge in [-0.3, -0.25) is 14.8 Å². The Morgan fingerprint density at radius 1 is 1.59 bits per heavy atom. The third-order valence-corrected chi connectivity index (χ3v) is 5.21. The van der Waals surface area contributed by atoms with Gasteiger partial charge in [-0.2, -0.15) is 16.4 Å². The molecule has 3 rings (SSSR count). The Hall–Kier alpha value is -1.66. The van der Waals surface area contributed by atoms with E-state index in [1.54, 1.807) is 24.6 Å². The van der Waals surface area contributed by atoms with Crippen LogP contribution < -0.4 is 5.32 Å². The number of amides is 1. The summed E-state index contributed by atoms with van der Waals surface area (Å²) in [5, 5.41) is 14.2. The average molecular weight is 318 g/mol. The van der Waals surface area contributed by atoms with Crippen LogP contribution in [-0.2, 0) is 12.0 Å². The number of thiophene rings is 1. The predicted octanol–water partition coefficient (Wildman–Crippen LogP) is 2.38. The first-order valence-corrected chi connectivity index (χ1v) is 8.56. The molecular weight excluding hydrogens is 296 g/mol. The number of hydrogen-bond acceptors (Lipinski definition) is 4. The molecular formula is C16H22N4OS. The molecule has 2 aromatic heterocycles. The first-order valence-electron chi connectivity index (χ1n) is 7.62. The van der Waals surface area contributed by atoms with Crippen LogP contribution in [-0.4, -0.2) is 41.1 Å². The van der Waals surface area contributed by atoms with E-state index in [1.165, 1.54) is 5.56 Å². The largest absolute Gasteiger partial charge is 0.355 e. The fourth-order valence-electron chi connectivity index (χ4n) is 3.38. The minimum absolute atomic E-state index is 0.0629. The maximum atomic E-state index is 12.0. The molecule has 0 aromatic carbocycles. The van der Waals surface area contributed by atoms with Crippen molar-refractivity contribution in [2.75, 3.05) is 20.1 Å². The number of carbonyl (C=O) groups is 1. The smallest absolute Gasteiger partial charge is 0.254 e. The molecule has 6 heteroatoms. The number of hydrogen-bond donors (Lipinski definition) is 2. The van der Waals surface area contributed by atoms with Crippen LogP contribution in [0.25, 0.3) is 0 Å². The summed E-state index contributed by atoms with van der Waals surface area (Å²) >= 11 is 1.74. The molecule has 0 aliphatic carbocycles. The summed E-state index contributed by atoms with van der Waals surface area (Å²) in [5.74, 6) is -0.0695. The van der Waals surface area contributed by atoms with E-state index in [2.05, 4.69) is 44.2 Å². The summed E-state index contributed by atoms with van der Waals surface area (Å²) in [6.45, 7) is 5.25. The lowest BCUT2D eigenvalue weighted by Gasteiger charge is -2.40. The van der Waals surface area contributed by atoms with Gasteiger partial charge in [0.1, 0.15) is 0 Å². The van der Waals surface area contributed by atoms with Gasteiger partial charge in [-0.25, -0.2) is 0 Å². The number of piperidine rings is 1. The Balaban J connectivity index is 1.80. The maximum absolute atomic E-state index is 12.0. The summed E-state index contributed by atoms with van der Waals surface area (Å²) < 4.78 is 0. The number of rotatable bonds is 4. The van der Waals surface area contributed by atoms with E-state index in [0.29, 0.717) is 5.56 Å². The molecule has 3 heterocycles. The average Bonchev–Trinajstić information content (AvgIpc) is 3.17. The zero-order valence-corrected chi connectivity index (χ0v) is 13.9. The highest BCUT2D eigenvalue weighted by molar-refractivity contribution is 7.07. The van der Waals surface area contributed by atoms with E-state index in [9.17, 15) is 4.79 Å². The first kappa shape index (κ1) is 15.2. The zero-order valence-electron chi connectivity index (χ0n) is 13.1. The van der Waals surface area contributed by atoms with Gasteiger partial charge in [-0.05, 0) is 41.8 Å². The molecule has 0 saturated carbocycles. The van der Waals surface area contributed by atoms with Crippen molar-refractivity contribution in [3.63, 3.8) is 0 Å². The Labute approximate surface area is 134 Å². The van der Waals surface area contributed by atoms with Crippen molar-refractivity contribution in [3.8, 4) is 0 Å². The normalized spacial score (nSPS) is 22.6. The summed E-state index contributed by atoms with van der Waals surface area (Å²) in [6, 6.07) is 2.18. The molecule has 1 aliphatic heterocycles. The van der Waals surface area contributed by atoms with E-state index < -0.39 is 0 Å². The van der Waals surface area contributed by atoms with Crippen molar-refractivity contribution in [2.24, 2.45) is 0 Å². The molecule has 1 aliphatic rings. The molecule has 1 atom stereocenters. The Kier molecular flexibility index (Phi) is 4.31. The maximum Gasteiger partial charge on any atom is 0.254 e. The minimum Gasteiger partial charge on any atom is -0.355 e. The molecule has 0 bridgehead atoms.